The molecule has 19 heavy (non-hydrogen) atoms. The smallest absolute Gasteiger partial charge is 0.307 e. The zero-order valence-electron chi connectivity index (χ0n) is 10.6. The van der Waals surface area contributed by atoms with Gasteiger partial charge in [0.2, 0.25) is 5.91 Å². The minimum atomic E-state index is -0.917. The summed E-state index contributed by atoms with van der Waals surface area (Å²) < 4.78 is 5.04. The number of hydrogen-bond donors (Lipinski definition) is 1. The van der Waals surface area contributed by atoms with Crippen molar-refractivity contribution in [1.82, 2.24) is 0 Å². The number of carbonyl (C=O) groups excluding carboxylic acids is 1. The number of nitrogens with zero attached hydrogens (tertiary/aromatic N) is 1. The Bertz CT molecular complexity index is 531. The zero-order chi connectivity index (χ0) is 14.2. The average Bonchev–Trinajstić information content (AvgIpc) is 3.17. The van der Waals surface area contributed by atoms with Gasteiger partial charge in [0.15, 0.2) is 0 Å². The van der Waals surface area contributed by atoms with Crippen molar-refractivity contribution in [3.63, 3.8) is 0 Å². The minimum absolute atomic E-state index is 0.200. The third kappa shape index (κ3) is 2.66. The second-order valence-electron chi connectivity index (χ2n) is 4.50. The number of halogens is 1. The van der Waals surface area contributed by atoms with Gasteiger partial charge in [-0.15, -0.1) is 0 Å². The lowest BCUT2D eigenvalue weighted by atomic mass is 10.2. The highest BCUT2D eigenvalue weighted by atomic mass is 35.5. The largest absolute Gasteiger partial charge is 0.495 e. The first-order valence-corrected chi connectivity index (χ1v) is 6.17. The van der Waals surface area contributed by atoms with Crippen molar-refractivity contribution in [3.05, 3.63) is 23.2 Å². The van der Waals surface area contributed by atoms with Crippen LogP contribution >= 0.6 is 11.6 Å². The Balaban J connectivity index is 2.12. The molecular formula is C13H14ClNO4. The first kappa shape index (κ1) is 13.7. The molecule has 6 heteroatoms. The summed E-state index contributed by atoms with van der Waals surface area (Å²) in [4.78, 5) is 24.3. The van der Waals surface area contributed by atoms with Crippen LogP contribution in [0.15, 0.2) is 18.2 Å². The van der Waals surface area contributed by atoms with Gasteiger partial charge >= 0.3 is 5.97 Å². The van der Waals surface area contributed by atoms with E-state index in [1.165, 1.54) is 12.0 Å². The molecule has 1 aromatic carbocycles. The molecule has 2 unspecified atom stereocenters. The van der Waals surface area contributed by atoms with Crippen molar-refractivity contribution < 1.29 is 19.4 Å². The molecule has 1 amide bonds. The van der Waals surface area contributed by atoms with Gasteiger partial charge in [-0.1, -0.05) is 11.6 Å². The Morgan fingerprint density at radius 1 is 1.42 bits per heavy atom. The van der Waals surface area contributed by atoms with Gasteiger partial charge in [0.1, 0.15) is 5.75 Å². The molecule has 2 atom stereocenters. The van der Waals surface area contributed by atoms with Crippen LogP contribution in [0.1, 0.15) is 6.42 Å². The molecule has 0 radical (unpaired) electrons. The molecule has 1 aliphatic rings. The molecule has 0 spiro atoms. The van der Waals surface area contributed by atoms with E-state index in [1.807, 2.05) is 0 Å². The van der Waals surface area contributed by atoms with Crippen LogP contribution in [-0.2, 0) is 9.59 Å². The fraction of sp³-hybridized carbons (Fsp3) is 0.385. The van der Waals surface area contributed by atoms with Crippen LogP contribution in [0.2, 0.25) is 5.02 Å². The lowest BCUT2D eigenvalue weighted by Gasteiger charge is -2.18. The van der Waals surface area contributed by atoms with E-state index in [0.717, 1.165) is 0 Å². The second kappa shape index (κ2) is 5.09. The van der Waals surface area contributed by atoms with Crippen molar-refractivity contribution in [2.75, 3.05) is 19.1 Å². The number of hydrogen-bond acceptors (Lipinski definition) is 3. The van der Waals surface area contributed by atoms with Crippen molar-refractivity contribution in [3.8, 4) is 5.75 Å². The van der Waals surface area contributed by atoms with Crippen LogP contribution in [-0.4, -0.2) is 31.1 Å². The first-order valence-electron chi connectivity index (χ1n) is 5.79. The lowest BCUT2D eigenvalue weighted by molar-refractivity contribution is -0.139. The molecule has 1 saturated carbocycles. The zero-order valence-corrected chi connectivity index (χ0v) is 11.3. The number of aliphatic carboxylic acids is 1. The molecule has 1 aromatic rings. The standard InChI is InChI=1S/C13H14ClNO4/c1-15(12(16)8-6-9(8)13(17)18)7-3-4-11(19-2)10(14)5-7/h3-5,8-9H,6H2,1-2H3,(H,17,18). The maximum atomic E-state index is 12.1. The van der Waals surface area contributed by atoms with Crippen LogP contribution in [0.4, 0.5) is 5.69 Å². The third-order valence-electron chi connectivity index (χ3n) is 3.28. The van der Waals surface area contributed by atoms with Crippen molar-refractivity contribution in [1.29, 1.82) is 0 Å². The summed E-state index contributed by atoms with van der Waals surface area (Å²) in [7, 11) is 3.12. The maximum absolute atomic E-state index is 12.1. The number of amides is 1. The summed E-state index contributed by atoms with van der Waals surface area (Å²) in [6, 6.07) is 5.00. The molecule has 0 aromatic heterocycles. The number of ether oxygens (including phenoxy) is 1. The summed E-state index contributed by atoms with van der Waals surface area (Å²) in [5, 5.41) is 9.24. The summed E-state index contributed by atoms with van der Waals surface area (Å²) in [5.41, 5.74) is 0.617. The topological polar surface area (TPSA) is 66.8 Å². The van der Waals surface area contributed by atoms with E-state index >= 15 is 0 Å². The Labute approximate surface area is 115 Å². The SMILES string of the molecule is COc1ccc(N(C)C(=O)C2CC2C(=O)O)cc1Cl. The van der Waals surface area contributed by atoms with E-state index in [1.54, 1.807) is 25.2 Å². The Kier molecular flexibility index (Phi) is 3.66. The van der Waals surface area contributed by atoms with Gasteiger partial charge in [-0.3, -0.25) is 9.59 Å². The lowest BCUT2D eigenvalue weighted by Crippen LogP contribution is -2.29. The number of anilines is 1. The molecule has 5 nitrogen and oxygen atoms in total. The van der Waals surface area contributed by atoms with Gasteiger partial charge in [-0.25, -0.2) is 0 Å². The maximum Gasteiger partial charge on any atom is 0.307 e. The number of carbonyl (C=O) groups is 2. The Morgan fingerprint density at radius 2 is 2.11 bits per heavy atom. The second-order valence-corrected chi connectivity index (χ2v) is 4.91. The highest BCUT2D eigenvalue weighted by Crippen LogP contribution is 2.41. The third-order valence-corrected chi connectivity index (χ3v) is 3.57. The predicted molar refractivity (Wildman–Crippen MR) is 70.6 cm³/mol. The molecule has 102 valence electrons. The molecule has 2 rings (SSSR count). The average molecular weight is 284 g/mol. The summed E-state index contributed by atoms with van der Waals surface area (Å²) >= 11 is 6.00. The highest BCUT2D eigenvalue weighted by molar-refractivity contribution is 6.32. The first-order chi connectivity index (χ1) is 8.95. The summed E-state index contributed by atoms with van der Waals surface area (Å²) in [6.45, 7) is 0. The van der Waals surface area contributed by atoms with E-state index in [2.05, 4.69) is 0 Å². The molecule has 1 fully saturated rings. The number of benzene rings is 1. The van der Waals surface area contributed by atoms with Crippen molar-refractivity contribution in [2.24, 2.45) is 11.8 Å². The van der Waals surface area contributed by atoms with E-state index in [0.29, 0.717) is 22.9 Å². The van der Waals surface area contributed by atoms with Crippen LogP contribution < -0.4 is 9.64 Å². The van der Waals surface area contributed by atoms with Crippen LogP contribution in [0.25, 0.3) is 0 Å². The van der Waals surface area contributed by atoms with Gasteiger partial charge < -0.3 is 14.7 Å². The van der Waals surface area contributed by atoms with Crippen LogP contribution in [0, 0.1) is 11.8 Å². The monoisotopic (exact) mass is 283 g/mol. The molecule has 1 N–H and O–H groups in total. The van der Waals surface area contributed by atoms with Crippen molar-refractivity contribution in [2.45, 2.75) is 6.42 Å². The molecular weight excluding hydrogens is 270 g/mol. The predicted octanol–water partition coefficient (Wildman–Crippen LogP) is 2.03. The number of carboxylic acids is 1. The minimum Gasteiger partial charge on any atom is -0.495 e. The normalized spacial score (nSPS) is 20.8. The van der Waals surface area contributed by atoms with E-state index in [9.17, 15) is 9.59 Å². The van der Waals surface area contributed by atoms with Gasteiger partial charge in [0, 0.05) is 12.7 Å². The van der Waals surface area contributed by atoms with Crippen LogP contribution in [0.3, 0.4) is 0 Å². The van der Waals surface area contributed by atoms with Gasteiger partial charge in [0.25, 0.3) is 0 Å². The number of methoxy groups -OCH3 is 1. The summed E-state index contributed by atoms with van der Waals surface area (Å²) in [6.07, 6.45) is 0.405. The van der Waals surface area contributed by atoms with E-state index in [4.69, 9.17) is 21.4 Å². The van der Waals surface area contributed by atoms with Gasteiger partial charge in [-0.2, -0.15) is 0 Å². The Morgan fingerprint density at radius 3 is 2.58 bits per heavy atom. The Hall–Kier alpha value is -1.75. The quantitative estimate of drug-likeness (QED) is 0.918. The molecule has 1 aliphatic carbocycles. The van der Waals surface area contributed by atoms with Gasteiger partial charge in [-0.05, 0) is 24.6 Å². The number of carboxylic acid groups (broad SMARTS) is 1. The number of rotatable bonds is 4. The molecule has 0 heterocycles. The highest BCUT2D eigenvalue weighted by Gasteiger charge is 2.49. The summed E-state index contributed by atoms with van der Waals surface area (Å²) in [5.74, 6) is -1.57. The van der Waals surface area contributed by atoms with Crippen LogP contribution in [0.5, 0.6) is 5.75 Å². The van der Waals surface area contributed by atoms with Crippen molar-refractivity contribution >= 4 is 29.2 Å². The molecule has 0 saturated heterocycles. The molecule has 0 bridgehead atoms. The molecule has 0 aliphatic heterocycles. The van der Waals surface area contributed by atoms with E-state index in [-0.39, 0.29) is 5.91 Å². The van der Waals surface area contributed by atoms with Gasteiger partial charge in [0.05, 0.1) is 24.0 Å². The van der Waals surface area contributed by atoms with E-state index < -0.39 is 17.8 Å². The fourth-order valence-corrected chi connectivity index (χ4v) is 2.23. The fourth-order valence-electron chi connectivity index (χ4n) is 1.98.